The lowest BCUT2D eigenvalue weighted by molar-refractivity contribution is -0.116. The number of carbonyl (C=O) groups is 2. The van der Waals surface area contributed by atoms with Gasteiger partial charge in [0.15, 0.2) is 0 Å². The highest BCUT2D eigenvalue weighted by molar-refractivity contribution is 6.03. The van der Waals surface area contributed by atoms with Gasteiger partial charge >= 0.3 is 5.97 Å². The fourth-order valence-electron chi connectivity index (χ4n) is 2.31. The van der Waals surface area contributed by atoms with Crippen molar-refractivity contribution in [1.82, 2.24) is 0 Å². The Bertz CT molecular complexity index is 798. The Balaban J connectivity index is 1.94. The molecular weight excluding hydrogens is 348 g/mol. The van der Waals surface area contributed by atoms with E-state index in [1.807, 2.05) is 6.92 Å². The zero-order chi connectivity index (χ0) is 19.6. The van der Waals surface area contributed by atoms with Gasteiger partial charge in [0.1, 0.15) is 18.1 Å². The molecule has 7 nitrogen and oxygen atoms in total. The summed E-state index contributed by atoms with van der Waals surface area (Å²) in [6.07, 6.45) is 1.21. The third-order valence-electron chi connectivity index (χ3n) is 3.77. The van der Waals surface area contributed by atoms with Gasteiger partial charge in [-0.2, -0.15) is 0 Å². The number of oxime groups is 1. The van der Waals surface area contributed by atoms with E-state index < -0.39 is 5.97 Å². The second kappa shape index (κ2) is 9.96. The number of hydrogen-bond donors (Lipinski definition) is 2. The summed E-state index contributed by atoms with van der Waals surface area (Å²) in [5.74, 6) is 0.0337. The topological polar surface area (TPSA) is 97.2 Å². The van der Waals surface area contributed by atoms with Crippen LogP contribution < -0.4 is 10.1 Å². The average Bonchev–Trinajstić information content (AvgIpc) is 2.69. The summed E-state index contributed by atoms with van der Waals surface area (Å²) in [6, 6.07) is 13.2. The van der Waals surface area contributed by atoms with Crippen molar-refractivity contribution in [1.29, 1.82) is 0 Å². The van der Waals surface area contributed by atoms with Gasteiger partial charge in [-0.05, 0) is 55.0 Å². The molecule has 0 saturated heterocycles. The van der Waals surface area contributed by atoms with E-state index in [4.69, 9.17) is 9.47 Å². The van der Waals surface area contributed by atoms with E-state index in [2.05, 4.69) is 10.5 Å². The molecule has 2 N–H and O–H groups in total. The Labute approximate surface area is 157 Å². The summed E-state index contributed by atoms with van der Waals surface area (Å²) in [4.78, 5) is 23.7. The number of rotatable bonds is 8. The van der Waals surface area contributed by atoms with Crippen molar-refractivity contribution in [3.63, 3.8) is 0 Å². The van der Waals surface area contributed by atoms with Crippen LogP contribution in [-0.4, -0.2) is 36.5 Å². The lowest BCUT2D eigenvalue weighted by Crippen LogP contribution is -2.15. The summed E-state index contributed by atoms with van der Waals surface area (Å²) in [6.45, 7) is 1.74. The van der Waals surface area contributed by atoms with Crippen LogP contribution in [0.5, 0.6) is 5.75 Å². The molecule has 0 aliphatic rings. The Morgan fingerprint density at radius 1 is 1.04 bits per heavy atom. The van der Waals surface area contributed by atoms with Gasteiger partial charge in [-0.3, -0.25) is 4.79 Å². The zero-order valence-corrected chi connectivity index (χ0v) is 15.3. The molecule has 142 valence electrons. The summed E-state index contributed by atoms with van der Waals surface area (Å²) >= 11 is 0. The van der Waals surface area contributed by atoms with Crippen molar-refractivity contribution in [3.05, 3.63) is 59.7 Å². The number of carbonyl (C=O) groups excluding carboxylic acids is 2. The fourth-order valence-corrected chi connectivity index (χ4v) is 2.31. The van der Waals surface area contributed by atoms with Crippen LogP contribution in [-0.2, 0) is 9.53 Å². The highest BCUT2D eigenvalue weighted by Crippen LogP contribution is 2.14. The van der Waals surface area contributed by atoms with Crippen LogP contribution in [0.2, 0.25) is 0 Å². The molecule has 0 atom stereocenters. The second-order valence-electron chi connectivity index (χ2n) is 5.73. The summed E-state index contributed by atoms with van der Waals surface area (Å²) in [7, 11) is 1.55. The molecule has 0 fully saturated rings. The van der Waals surface area contributed by atoms with Crippen molar-refractivity contribution < 1.29 is 24.3 Å². The van der Waals surface area contributed by atoms with Crippen LogP contribution in [0.1, 0.15) is 35.7 Å². The molecule has 1 amide bonds. The maximum absolute atomic E-state index is 12.2. The smallest absolute Gasteiger partial charge is 0.338 e. The van der Waals surface area contributed by atoms with Crippen LogP contribution in [0.3, 0.4) is 0 Å². The third-order valence-corrected chi connectivity index (χ3v) is 3.77. The van der Waals surface area contributed by atoms with Crippen molar-refractivity contribution in [2.45, 2.75) is 19.8 Å². The number of anilines is 1. The van der Waals surface area contributed by atoms with Gasteiger partial charge in [0, 0.05) is 17.7 Å². The van der Waals surface area contributed by atoms with Crippen molar-refractivity contribution >= 4 is 23.3 Å². The Hall–Kier alpha value is -3.35. The normalized spacial score (nSPS) is 11.0. The van der Waals surface area contributed by atoms with Gasteiger partial charge in [0.25, 0.3) is 0 Å². The fraction of sp³-hybridized carbons (Fsp3) is 0.250. The molecule has 0 unspecified atom stereocenters. The van der Waals surface area contributed by atoms with Gasteiger partial charge in [-0.1, -0.05) is 12.1 Å². The molecule has 0 aromatic heterocycles. The van der Waals surface area contributed by atoms with E-state index in [9.17, 15) is 14.8 Å². The predicted molar refractivity (Wildman–Crippen MR) is 102 cm³/mol. The molecule has 2 rings (SSSR count). The van der Waals surface area contributed by atoms with Crippen LogP contribution in [0.25, 0.3) is 0 Å². The van der Waals surface area contributed by atoms with E-state index in [0.717, 1.165) is 6.42 Å². The summed E-state index contributed by atoms with van der Waals surface area (Å²) in [5, 5.41) is 15.1. The van der Waals surface area contributed by atoms with E-state index in [1.54, 1.807) is 55.6 Å². The van der Waals surface area contributed by atoms with Gasteiger partial charge in [-0.15, -0.1) is 0 Å². The largest absolute Gasteiger partial charge is 0.497 e. The standard InChI is InChI=1S/C20H22N2O5/c1-3-4-19(23)21-16-9-5-15(6-10-16)20(24)27-13-18(22-25)14-7-11-17(26-2)12-8-14/h5-12,25H,3-4,13H2,1-2H3,(H,21,23). The van der Waals surface area contributed by atoms with Crippen molar-refractivity contribution in [3.8, 4) is 5.75 Å². The molecule has 2 aromatic rings. The molecular formula is C20H22N2O5. The maximum Gasteiger partial charge on any atom is 0.338 e. The van der Waals surface area contributed by atoms with Gasteiger partial charge < -0.3 is 20.0 Å². The number of amides is 1. The minimum absolute atomic E-state index is 0.0730. The summed E-state index contributed by atoms with van der Waals surface area (Å²) < 4.78 is 10.3. The van der Waals surface area contributed by atoms with Crippen LogP contribution >= 0.6 is 0 Å². The van der Waals surface area contributed by atoms with E-state index in [1.165, 1.54) is 0 Å². The first-order valence-corrected chi connectivity index (χ1v) is 8.49. The van der Waals surface area contributed by atoms with Crippen molar-refractivity contribution in [2.24, 2.45) is 5.16 Å². The van der Waals surface area contributed by atoms with E-state index in [-0.39, 0.29) is 18.2 Å². The number of esters is 1. The highest BCUT2D eigenvalue weighted by atomic mass is 16.5. The molecule has 0 aliphatic heterocycles. The Morgan fingerprint density at radius 2 is 1.67 bits per heavy atom. The number of benzene rings is 2. The molecule has 0 heterocycles. The first-order valence-electron chi connectivity index (χ1n) is 8.49. The first kappa shape index (κ1) is 20.0. The number of hydrogen-bond acceptors (Lipinski definition) is 6. The Kier molecular flexibility index (Phi) is 7.37. The molecule has 7 heteroatoms. The van der Waals surface area contributed by atoms with Gasteiger partial charge in [0.2, 0.25) is 5.91 Å². The predicted octanol–water partition coefficient (Wildman–Crippen LogP) is 3.47. The number of nitrogens with zero attached hydrogens (tertiary/aromatic N) is 1. The highest BCUT2D eigenvalue weighted by Gasteiger charge is 2.12. The molecule has 0 saturated carbocycles. The molecule has 27 heavy (non-hydrogen) atoms. The van der Waals surface area contributed by atoms with Crippen LogP contribution in [0, 0.1) is 0 Å². The lowest BCUT2D eigenvalue weighted by Gasteiger charge is -2.09. The molecule has 2 aromatic carbocycles. The molecule has 0 bridgehead atoms. The maximum atomic E-state index is 12.2. The van der Waals surface area contributed by atoms with Crippen molar-refractivity contribution in [2.75, 3.05) is 19.0 Å². The van der Waals surface area contributed by atoms with Gasteiger partial charge in [-0.25, -0.2) is 4.79 Å². The zero-order valence-electron chi connectivity index (χ0n) is 15.3. The Morgan fingerprint density at radius 3 is 2.22 bits per heavy atom. The molecule has 0 radical (unpaired) electrons. The quantitative estimate of drug-likeness (QED) is 0.321. The van der Waals surface area contributed by atoms with Crippen LogP contribution in [0.4, 0.5) is 5.69 Å². The SMILES string of the molecule is CCCC(=O)Nc1ccc(C(=O)OCC(=NO)c2ccc(OC)cc2)cc1. The van der Waals surface area contributed by atoms with Gasteiger partial charge in [0.05, 0.1) is 12.7 Å². The minimum atomic E-state index is -0.559. The first-order chi connectivity index (χ1) is 13.1. The number of ether oxygens (including phenoxy) is 2. The number of methoxy groups -OCH3 is 1. The second-order valence-corrected chi connectivity index (χ2v) is 5.73. The molecule has 0 spiro atoms. The number of nitrogens with one attached hydrogen (secondary N) is 1. The van der Waals surface area contributed by atoms with E-state index in [0.29, 0.717) is 29.0 Å². The third kappa shape index (κ3) is 5.85. The lowest BCUT2D eigenvalue weighted by atomic mass is 10.1. The monoisotopic (exact) mass is 370 g/mol. The van der Waals surface area contributed by atoms with Crippen LogP contribution in [0.15, 0.2) is 53.7 Å². The summed E-state index contributed by atoms with van der Waals surface area (Å²) in [5.41, 5.74) is 1.77. The average molecular weight is 370 g/mol. The minimum Gasteiger partial charge on any atom is -0.497 e. The van der Waals surface area contributed by atoms with E-state index >= 15 is 0 Å². The molecule has 0 aliphatic carbocycles.